The first kappa shape index (κ1) is 16.6. The second-order valence-corrected chi connectivity index (χ2v) is 5.38. The van der Waals surface area contributed by atoms with Crippen molar-refractivity contribution in [2.45, 2.75) is 33.3 Å². The van der Waals surface area contributed by atoms with Gasteiger partial charge in [-0.2, -0.15) is 0 Å². The predicted molar refractivity (Wildman–Crippen MR) is 72.9 cm³/mol. The van der Waals surface area contributed by atoms with E-state index in [1.165, 1.54) is 6.07 Å². The number of carbonyl (C=O) groups is 1. The summed E-state index contributed by atoms with van der Waals surface area (Å²) in [5.41, 5.74) is -0.412. The summed E-state index contributed by atoms with van der Waals surface area (Å²) in [7, 11) is 0. The molecule has 0 fully saturated rings. The lowest BCUT2D eigenvalue weighted by atomic mass is 9.94. The van der Waals surface area contributed by atoms with Crippen LogP contribution in [-0.2, 0) is 4.79 Å². The van der Waals surface area contributed by atoms with Gasteiger partial charge in [0.2, 0.25) is 5.91 Å². The van der Waals surface area contributed by atoms with E-state index in [1.807, 2.05) is 20.8 Å². The molecule has 2 atom stereocenters. The Morgan fingerprint density at radius 2 is 1.80 bits per heavy atom. The van der Waals surface area contributed by atoms with E-state index in [-0.39, 0.29) is 18.4 Å². The van der Waals surface area contributed by atoms with Crippen molar-refractivity contribution in [1.82, 2.24) is 5.32 Å². The number of carbonyl (C=O) groups excluding carboxylic acids is 1. The molecule has 112 valence electrons. The molecule has 2 unspecified atom stereocenters. The molecule has 1 aromatic rings. The number of nitrogens with one attached hydrogen (secondary N) is 1. The van der Waals surface area contributed by atoms with E-state index < -0.39 is 23.3 Å². The van der Waals surface area contributed by atoms with E-state index in [9.17, 15) is 18.7 Å². The molecule has 0 heterocycles. The van der Waals surface area contributed by atoms with E-state index in [0.717, 1.165) is 12.1 Å². The molecule has 0 saturated carbocycles. The lowest BCUT2D eigenvalue weighted by Crippen LogP contribution is -2.30. The minimum absolute atomic E-state index is 0.206. The van der Waals surface area contributed by atoms with Gasteiger partial charge < -0.3 is 10.4 Å². The number of halogens is 2. The number of benzene rings is 1. The molecule has 0 spiro atoms. The molecule has 1 rings (SSSR count). The molecule has 0 bridgehead atoms. The largest absolute Gasteiger partial charge is 0.386 e. The first-order valence-electron chi connectivity index (χ1n) is 6.71. The highest BCUT2D eigenvalue weighted by atomic mass is 19.1. The van der Waals surface area contributed by atoms with Crippen molar-refractivity contribution in [2.24, 2.45) is 11.8 Å². The summed E-state index contributed by atoms with van der Waals surface area (Å²) < 4.78 is 26.9. The summed E-state index contributed by atoms with van der Waals surface area (Å²) in [5, 5.41) is 12.3. The van der Waals surface area contributed by atoms with Crippen molar-refractivity contribution in [3.8, 4) is 0 Å². The third-order valence-electron chi connectivity index (χ3n) is 3.47. The van der Waals surface area contributed by atoms with Crippen molar-refractivity contribution in [3.63, 3.8) is 0 Å². The maximum atomic E-state index is 13.4. The maximum Gasteiger partial charge on any atom is 0.220 e. The maximum absolute atomic E-state index is 13.4. The molecule has 0 saturated heterocycles. The Hall–Kier alpha value is -1.49. The van der Waals surface area contributed by atoms with Crippen LogP contribution in [0.15, 0.2) is 18.2 Å². The van der Waals surface area contributed by atoms with Crippen molar-refractivity contribution < 1.29 is 18.7 Å². The fourth-order valence-corrected chi connectivity index (χ4v) is 1.74. The molecule has 1 aromatic carbocycles. The number of aliphatic hydroxyl groups excluding tert-OH is 1. The Bertz CT molecular complexity index is 443. The summed E-state index contributed by atoms with van der Waals surface area (Å²) in [6, 6.07) is 3.37. The number of aliphatic hydroxyl groups is 1. The van der Waals surface area contributed by atoms with Gasteiger partial charge in [-0.3, -0.25) is 4.79 Å². The molecule has 0 radical (unpaired) electrons. The van der Waals surface area contributed by atoms with Gasteiger partial charge in [0.05, 0.1) is 5.56 Å². The van der Waals surface area contributed by atoms with Gasteiger partial charge in [-0.25, -0.2) is 8.78 Å². The molecule has 0 aliphatic carbocycles. The highest BCUT2D eigenvalue weighted by Gasteiger charge is 2.19. The van der Waals surface area contributed by atoms with Gasteiger partial charge in [-0.15, -0.1) is 0 Å². The van der Waals surface area contributed by atoms with Gasteiger partial charge in [-0.05, 0) is 24.0 Å². The Labute approximate surface area is 118 Å². The molecular formula is C15H21F2NO2. The van der Waals surface area contributed by atoms with Gasteiger partial charge in [0.25, 0.3) is 0 Å². The lowest BCUT2D eigenvalue weighted by Gasteiger charge is -2.17. The molecule has 5 heteroatoms. The zero-order valence-electron chi connectivity index (χ0n) is 12.0. The van der Waals surface area contributed by atoms with E-state index in [2.05, 4.69) is 5.32 Å². The van der Waals surface area contributed by atoms with Gasteiger partial charge in [0.15, 0.2) is 0 Å². The number of hydrogen-bond acceptors (Lipinski definition) is 2. The fourth-order valence-electron chi connectivity index (χ4n) is 1.74. The average Bonchev–Trinajstić information content (AvgIpc) is 2.36. The van der Waals surface area contributed by atoms with Crippen molar-refractivity contribution in [2.75, 3.05) is 6.54 Å². The standard InChI is InChI=1S/C15H21F2NO2/c1-9(2)10(3)7-14(20)18-8-13(19)15-11(16)5-4-6-12(15)17/h4-6,9-10,13,19H,7-8H2,1-3H3,(H,18,20). The SMILES string of the molecule is CC(C)C(C)CC(=O)NCC(O)c1c(F)cccc1F. The smallest absolute Gasteiger partial charge is 0.220 e. The molecular weight excluding hydrogens is 264 g/mol. The van der Waals surface area contributed by atoms with Crippen LogP contribution in [0.5, 0.6) is 0 Å². The van der Waals surface area contributed by atoms with Gasteiger partial charge in [-0.1, -0.05) is 26.8 Å². The van der Waals surface area contributed by atoms with Gasteiger partial charge in [0.1, 0.15) is 17.7 Å². The second kappa shape index (κ2) is 7.33. The number of hydrogen-bond donors (Lipinski definition) is 2. The Kier molecular flexibility index (Phi) is 6.07. The number of amides is 1. The second-order valence-electron chi connectivity index (χ2n) is 5.38. The predicted octanol–water partition coefficient (Wildman–Crippen LogP) is 2.80. The van der Waals surface area contributed by atoms with Gasteiger partial charge in [0, 0.05) is 13.0 Å². The topological polar surface area (TPSA) is 49.3 Å². The first-order valence-corrected chi connectivity index (χ1v) is 6.71. The van der Waals surface area contributed by atoms with Crippen LogP contribution in [0.25, 0.3) is 0 Å². The fraction of sp³-hybridized carbons (Fsp3) is 0.533. The normalized spacial score (nSPS) is 14.2. The van der Waals surface area contributed by atoms with Crippen molar-refractivity contribution >= 4 is 5.91 Å². The highest BCUT2D eigenvalue weighted by Crippen LogP contribution is 2.20. The van der Waals surface area contributed by atoms with E-state index in [4.69, 9.17) is 0 Å². The van der Waals surface area contributed by atoms with Crippen LogP contribution in [0.3, 0.4) is 0 Å². The Morgan fingerprint density at radius 3 is 2.30 bits per heavy atom. The third kappa shape index (κ3) is 4.56. The monoisotopic (exact) mass is 285 g/mol. The molecule has 0 aliphatic rings. The van der Waals surface area contributed by atoms with Crippen LogP contribution in [0.1, 0.15) is 38.9 Å². The first-order chi connectivity index (χ1) is 9.32. The van der Waals surface area contributed by atoms with Crippen LogP contribution in [-0.4, -0.2) is 17.6 Å². The Balaban J connectivity index is 2.55. The average molecular weight is 285 g/mol. The Morgan fingerprint density at radius 1 is 1.25 bits per heavy atom. The molecule has 3 nitrogen and oxygen atoms in total. The molecule has 20 heavy (non-hydrogen) atoms. The minimum atomic E-state index is -1.39. The zero-order valence-corrected chi connectivity index (χ0v) is 12.0. The van der Waals surface area contributed by atoms with E-state index >= 15 is 0 Å². The highest BCUT2D eigenvalue weighted by molar-refractivity contribution is 5.76. The van der Waals surface area contributed by atoms with Gasteiger partial charge >= 0.3 is 0 Å². The molecule has 1 amide bonds. The van der Waals surface area contributed by atoms with Crippen LogP contribution in [0.2, 0.25) is 0 Å². The quantitative estimate of drug-likeness (QED) is 0.844. The molecule has 0 aliphatic heterocycles. The van der Waals surface area contributed by atoms with Crippen molar-refractivity contribution in [3.05, 3.63) is 35.4 Å². The molecule has 0 aromatic heterocycles. The van der Waals surface area contributed by atoms with Crippen LogP contribution < -0.4 is 5.32 Å². The zero-order chi connectivity index (χ0) is 15.3. The van der Waals surface area contributed by atoms with E-state index in [1.54, 1.807) is 0 Å². The summed E-state index contributed by atoms with van der Waals surface area (Å²) in [5.74, 6) is -1.29. The van der Waals surface area contributed by atoms with E-state index in [0.29, 0.717) is 12.3 Å². The van der Waals surface area contributed by atoms with Crippen molar-refractivity contribution in [1.29, 1.82) is 0 Å². The van der Waals surface area contributed by atoms with Crippen LogP contribution in [0.4, 0.5) is 8.78 Å². The summed E-state index contributed by atoms with van der Waals surface area (Å²) in [6.45, 7) is 5.78. The number of rotatable bonds is 6. The van der Waals surface area contributed by atoms with Crippen LogP contribution in [0, 0.1) is 23.5 Å². The third-order valence-corrected chi connectivity index (χ3v) is 3.47. The lowest BCUT2D eigenvalue weighted by molar-refractivity contribution is -0.122. The molecule has 2 N–H and O–H groups in total. The summed E-state index contributed by atoms with van der Waals surface area (Å²) >= 11 is 0. The van der Waals surface area contributed by atoms with Crippen LogP contribution >= 0.6 is 0 Å². The summed E-state index contributed by atoms with van der Waals surface area (Å²) in [6.07, 6.45) is -1.07. The summed E-state index contributed by atoms with van der Waals surface area (Å²) in [4.78, 5) is 11.7. The minimum Gasteiger partial charge on any atom is -0.386 e.